The fourth-order valence-electron chi connectivity index (χ4n) is 1.27. The van der Waals surface area contributed by atoms with Crippen molar-refractivity contribution in [3.05, 3.63) is 6.92 Å². The average molecular weight is 282 g/mol. The van der Waals surface area contributed by atoms with Gasteiger partial charge in [-0.1, -0.05) is 39.0 Å². The van der Waals surface area contributed by atoms with Crippen LogP contribution in [0.4, 0.5) is 0 Å². The first kappa shape index (κ1) is 23.9. The number of aliphatic hydroxyl groups is 1. The van der Waals surface area contributed by atoms with Crippen LogP contribution in [0.5, 0.6) is 0 Å². The smallest absolute Gasteiger partial charge is 0.464 e. The molecule has 19 heavy (non-hydrogen) atoms. The molecule has 1 N–H and O–H groups in total. The first-order valence-corrected chi connectivity index (χ1v) is 6.27. The first-order valence-electron chi connectivity index (χ1n) is 6.27. The normalized spacial score (nSPS) is 10.3. The Morgan fingerprint density at radius 3 is 2.16 bits per heavy atom. The third-order valence-corrected chi connectivity index (χ3v) is 2.29. The van der Waals surface area contributed by atoms with Gasteiger partial charge in [0.1, 0.15) is 6.10 Å². The molecule has 0 amide bonds. The van der Waals surface area contributed by atoms with Crippen molar-refractivity contribution in [1.82, 2.24) is 0 Å². The quantitative estimate of drug-likeness (QED) is 0.251. The molecule has 0 bridgehead atoms. The van der Waals surface area contributed by atoms with E-state index >= 15 is 0 Å². The van der Waals surface area contributed by atoms with E-state index in [0.29, 0.717) is 6.61 Å². The molecule has 0 aliphatic carbocycles. The van der Waals surface area contributed by atoms with Crippen LogP contribution in [0.3, 0.4) is 0 Å². The Bertz CT molecular complexity index is 227. The summed E-state index contributed by atoms with van der Waals surface area (Å²) in [6.45, 7) is 6.04. The molecule has 0 radical (unpaired) electrons. The number of ether oxygens (including phenoxy) is 1. The zero-order chi connectivity index (χ0) is 14.2. The second-order valence-electron chi connectivity index (χ2n) is 3.82. The number of unbranched alkanes of at least 4 members (excludes halogenated alkanes) is 5. The van der Waals surface area contributed by atoms with Crippen LogP contribution in [0, 0.1) is 6.92 Å². The summed E-state index contributed by atoms with van der Waals surface area (Å²) < 4.78 is 4.87. The SMILES string of the molecule is O=C=O.[CH2-]C[C@@H](O)C(=O)OCCCCCCCC.[Na+]. The van der Waals surface area contributed by atoms with E-state index in [4.69, 9.17) is 19.4 Å². The first-order chi connectivity index (χ1) is 8.63. The van der Waals surface area contributed by atoms with Gasteiger partial charge in [-0.05, 0) is 6.42 Å². The van der Waals surface area contributed by atoms with Crippen LogP contribution in [0.25, 0.3) is 0 Å². The van der Waals surface area contributed by atoms with E-state index < -0.39 is 12.1 Å². The molecule has 0 aliphatic rings. The summed E-state index contributed by atoms with van der Waals surface area (Å²) in [6, 6.07) is 0. The monoisotopic (exact) mass is 282 g/mol. The van der Waals surface area contributed by atoms with Crippen LogP contribution in [0.1, 0.15) is 51.9 Å². The third kappa shape index (κ3) is 20.3. The summed E-state index contributed by atoms with van der Waals surface area (Å²) in [5.74, 6) is -0.543. The standard InChI is InChI=1S/C12H23O3.CO2.Na/c1-3-5-6-7-8-9-10-15-12(14)11(13)4-2;2-1-3;/h11,13H,2-10H2,1H3;;/q-1;;+1/t11-;;/m1../s1. The number of carbonyl (C=O) groups excluding carboxylic acids is 3. The van der Waals surface area contributed by atoms with E-state index in [-0.39, 0.29) is 42.1 Å². The van der Waals surface area contributed by atoms with Crippen molar-refractivity contribution >= 4 is 12.1 Å². The number of aliphatic hydroxyl groups excluding tert-OH is 1. The van der Waals surface area contributed by atoms with Gasteiger partial charge in [0, 0.05) is 0 Å². The van der Waals surface area contributed by atoms with Crippen LogP contribution >= 0.6 is 0 Å². The van der Waals surface area contributed by atoms with Crippen LogP contribution in [-0.4, -0.2) is 29.9 Å². The summed E-state index contributed by atoms with van der Waals surface area (Å²) in [4.78, 5) is 27.2. The second-order valence-corrected chi connectivity index (χ2v) is 3.82. The maximum Gasteiger partial charge on any atom is 1.00 e. The largest absolute Gasteiger partial charge is 1.00 e. The van der Waals surface area contributed by atoms with E-state index in [2.05, 4.69) is 13.8 Å². The minimum absolute atomic E-state index is 0. The van der Waals surface area contributed by atoms with E-state index in [0.717, 1.165) is 12.8 Å². The van der Waals surface area contributed by atoms with Crippen molar-refractivity contribution in [2.24, 2.45) is 0 Å². The molecule has 106 valence electrons. The molecule has 0 aromatic carbocycles. The molecule has 6 heteroatoms. The molecule has 0 saturated carbocycles. The van der Waals surface area contributed by atoms with Crippen LogP contribution < -0.4 is 29.6 Å². The van der Waals surface area contributed by atoms with Crippen molar-refractivity contribution in [3.63, 3.8) is 0 Å². The summed E-state index contributed by atoms with van der Waals surface area (Å²) in [5.41, 5.74) is 0. The van der Waals surface area contributed by atoms with Crippen molar-refractivity contribution in [2.45, 2.75) is 58.0 Å². The maximum atomic E-state index is 11.0. The van der Waals surface area contributed by atoms with E-state index in [1.165, 1.54) is 25.7 Å². The molecule has 5 nitrogen and oxygen atoms in total. The Morgan fingerprint density at radius 2 is 1.68 bits per heavy atom. The predicted octanol–water partition coefficient (Wildman–Crippen LogP) is -1.10. The van der Waals surface area contributed by atoms with Gasteiger partial charge in [-0.2, -0.15) is 9.59 Å². The van der Waals surface area contributed by atoms with Gasteiger partial charge in [-0.3, -0.25) is 0 Å². The number of esters is 1. The van der Waals surface area contributed by atoms with Crippen molar-refractivity contribution < 1.29 is 53.8 Å². The fourth-order valence-corrected chi connectivity index (χ4v) is 1.27. The summed E-state index contributed by atoms with van der Waals surface area (Å²) in [6.07, 6.45) is 6.33. The summed E-state index contributed by atoms with van der Waals surface area (Å²) in [7, 11) is 0. The number of hydrogen-bond acceptors (Lipinski definition) is 5. The Labute approximate surface area is 137 Å². The van der Waals surface area contributed by atoms with Gasteiger partial charge in [0.05, 0.1) is 6.61 Å². The Morgan fingerprint density at radius 1 is 1.21 bits per heavy atom. The molecule has 0 fully saturated rings. The Kier molecular flexibility index (Phi) is 25.3. The van der Waals surface area contributed by atoms with Gasteiger partial charge in [-0.25, -0.2) is 4.79 Å². The zero-order valence-electron chi connectivity index (χ0n) is 12.0. The van der Waals surface area contributed by atoms with Crippen molar-refractivity contribution in [1.29, 1.82) is 0 Å². The van der Waals surface area contributed by atoms with Crippen LogP contribution in [0.2, 0.25) is 0 Å². The second kappa shape index (κ2) is 20.1. The van der Waals surface area contributed by atoms with Gasteiger partial charge < -0.3 is 16.8 Å². The van der Waals surface area contributed by atoms with Crippen LogP contribution in [-0.2, 0) is 19.1 Å². The predicted molar refractivity (Wildman–Crippen MR) is 65.3 cm³/mol. The Hall–Kier alpha value is -0.190. The topological polar surface area (TPSA) is 80.7 Å². The molecule has 0 rings (SSSR count). The third-order valence-electron chi connectivity index (χ3n) is 2.29. The summed E-state index contributed by atoms with van der Waals surface area (Å²) in [5, 5.41) is 9.06. The van der Waals surface area contributed by atoms with Gasteiger partial charge in [-0.15, -0.1) is 6.42 Å². The van der Waals surface area contributed by atoms with E-state index in [1.807, 2.05) is 0 Å². The molecule has 0 heterocycles. The van der Waals surface area contributed by atoms with Crippen LogP contribution in [0.15, 0.2) is 0 Å². The molecule has 0 spiro atoms. The van der Waals surface area contributed by atoms with Gasteiger partial charge in [0.25, 0.3) is 0 Å². The molecule has 0 saturated heterocycles. The van der Waals surface area contributed by atoms with Gasteiger partial charge in [0.15, 0.2) is 0 Å². The fraction of sp³-hybridized carbons (Fsp3) is 0.769. The van der Waals surface area contributed by atoms with Crippen molar-refractivity contribution in [2.75, 3.05) is 6.61 Å². The molecule has 1 atom stereocenters. The average Bonchev–Trinajstić information content (AvgIpc) is 2.37. The summed E-state index contributed by atoms with van der Waals surface area (Å²) >= 11 is 0. The molecular weight excluding hydrogens is 259 g/mol. The number of rotatable bonds is 9. The molecule has 0 aliphatic heterocycles. The molecule has 0 aromatic rings. The maximum absolute atomic E-state index is 11.0. The number of hydrogen-bond donors (Lipinski definition) is 1. The van der Waals surface area contributed by atoms with Crippen molar-refractivity contribution in [3.8, 4) is 0 Å². The Balaban J connectivity index is -0.000000580. The molecule has 0 aromatic heterocycles. The minimum atomic E-state index is -1.05. The van der Waals surface area contributed by atoms with E-state index in [9.17, 15) is 4.79 Å². The molecular formula is C13H23NaO5. The number of carbonyl (C=O) groups is 1. The van der Waals surface area contributed by atoms with Gasteiger partial charge in [0.2, 0.25) is 0 Å². The molecule has 0 unspecified atom stereocenters. The zero-order valence-corrected chi connectivity index (χ0v) is 14.0. The van der Waals surface area contributed by atoms with Gasteiger partial charge >= 0.3 is 41.7 Å². The van der Waals surface area contributed by atoms with E-state index in [1.54, 1.807) is 0 Å². The minimum Gasteiger partial charge on any atom is -0.464 e.